The van der Waals surface area contributed by atoms with Crippen molar-refractivity contribution in [3.63, 3.8) is 0 Å². The fraction of sp³-hybridized carbons (Fsp3) is 0.478. The molecular weight excluding hydrogens is 379 g/mol. The minimum Gasteiger partial charge on any atom is -0.496 e. The quantitative estimate of drug-likeness (QED) is 0.514. The highest BCUT2D eigenvalue weighted by Gasteiger charge is 2.42. The lowest BCUT2D eigenvalue weighted by Gasteiger charge is -2.42. The molecule has 0 heterocycles. The van der Waals surface area contributed by atoms with Crippen LogP contribution in [0.15, 0.2) is 35.5 Å². The monoisotopic (exact) mass is 405 g/mol. The van der Waals surface area contributed by atoms with Gasteiger partial charge in [-0.05, 0) is 70.2 Å². The SMILES string of the molecule is COc1ccc(CN=O)cc1-c1cc2c(cc1C(F)(F)F)C(C)(C)CCC2(C)C. The van der Waals surface area contributed by atoms with Gasteiger partial charge in [0.2, 0.25) is 0 Å². The van der Waals surface area contributed by atoms with Crippen LogP contribution in [0.3, 0.4) is 0 Å². The predicted octanol–water partition coefficient (Wildman–Crippen LogP) is 7.00. The van der Waals surface area contributed by atoms with Gasteiger partial charge in [-0.1, -0.05) is 38.9 Å². The third-order valence-corrected chi connectivity index (χ3v) is 6.10. The van der Waals surface area contributed by atoms with Crippen LogP contribution < -0.4 is 4.74 Å². The van der Waals surface area contributed by atoms with Crippen molar-refractivity contribution >= 4 is 0 Å². The van der Waals surface area contributed by atoms with E-state index in [1.807, 2.05) is 13.8 Å². The smallest absolute Gasteiger partial charge is 0.417 e. The molecule has 0 radical (unpaired) electrons. The number of hydrogen-bond donors (Lipinski definition) is 0. The summed E-state index contributed by atoms with van der Waals surface area (Å²) < 4.78 is 47.7. The first-order valence-corrected chi connectivity index (χ1v) is 9.63. The fourth-order valence-corrected chi connectivity index (χ4v) is 4.21. The molecule has 0 spiro atoms. The summed E-state index contributed by atoms with van der Waals surface area (Å²) in [6, 6.07) is 7.79. The first-order valence-electron chi connectivity index (χ1n) is 9.63. The average Bonchev–Trinajstić information content (AvgIpc) is 2.64. The number of fused-ring (bicyclic) bond motifs is 1. The van der Waals surface area contributed by atoms with E-state index >= 15 is 0 Å². The third kappa shape index (κ3) is 3.89. The second-order valence-corrected chi connectivity index (χ2v) is 9.03. The van der Waals surface area contributed by atoms with Crippen molar-refractivity contribution in [2.45, 2.75) is 64.1 Å². The topological polar surface area (TPSA) is 38.7 Å². The summed E-state index contributed by atoms with van der Waals surface area (Å²) in [7, 11) is 1.43. The third-order valence-electron chi connectivity index (χ3n) is 6.10. The Balaban J connectivity index is 2.38. The fourth-order valence-electron chi connectivity index (χ4n) is 4.21. The van der Waals surface area contributed by atoms with E-state index in [1.54, 1.807) is 24.3 Å². The highest BCUT2D eigenvalue weighted by Crippen LogP contribution is 2.50. The molecule has 0 aliphatic heterocycles. The summed E-state index contributed by atoms with van der Waals surface area (Å²) in [6.45, 7) is 8.03. The van der Waals surface area contributed by atoms with Crippen molar-refractivity contribution in [2.75, 3.05) is 7.11 Å². The molecule has 0 N–H and O–H groups in total. The lowest BCUT2D eigenvalue weighted by Crippen LogP contribution is -2.34. The number of nitroso groups, excluding NO2 is 1. The Morgan fingerprint density at radius 1 is 0.966 bits per heavy atom. The number of alkyl halides is 3. The summed E-state index contributed by atoms with van der Waals surface area (Å²) in [6.07, 6.45) is -2.80. The van der Waals surface area contributed by atoms with Crippen molar-refractivity contribution in [1.29, 1.82) is 0 Å². The van der Waals surface area contributed by atoms with Crippen molar-refractivity contribution < 1.29 is 17.9 Å². The Hall–Kier alpha value is -2.37. The minimum absolute atomic E-state index is 0.0756. The van der Waals surface area contributed by atoms with Crippen LogP contribution in [0, 0.1) is 4.91 Å². The molecule has 0 unspecified atom stereocenters. The summed E-state index contributed by atoms with van der Waals surface area (Å²) >= 11 is 0. The van der Waals surface area contributed by atoms with Gasteiger partial charge in [-0.2, -0.15) is 18.1 Å². The van der Waals surface area contributed by atoms with Gasteiger partial charge < -0.3 is 4.74 Å². The second kappa shape index (κ2) is 7.15. The van der Waals surface area contributed by atoms with E-state index in [0.717, 1.165) is 24.0 Å². The van der Waals surface area contributed by atoms with Gasteiger partial charge in [0.15, 0.2) is 0 Å². The molecule has 1 aliphatic rings. The van der Waals surface area contributed by atoms with Gasteiger partial charge in [-0.3, -0.25) is 0 Å². The highest BCUT2D eigenvalue weighted by atomic mass is 19.4. The van der Waals surface area contributed by atoms with Crippen LogP contribution in [0.5, 0.6) is 5.75 Å². The molecule has 0 amide bonds. The van der Waals surface area contributed by atoms with Gasteiger partial charge in [-0.15, -0.1) is 0 Å². The van der Waals surface area contributed by atoms with Crippen LogP contribution in [0.4, 0.5) is 13.2 Å². The molecule has 0 saturated carbocycles. The number of nitrogens with zero attached hydrogens (tertiary/aromatic N) is 1. The number of ether oxygens (including phenoxy) is 1. The first kappa shape index (κ1) is 21.3. The molecule has 2 aromatic carbocycles. The van der Waals surface area contributed by atoms with E-state index in [1.165, 1.54) is 13.2 Å². The maximum atomic E-state index is 14.1. The Morgan fingerprint density at radius 3 is 2.07 bits per heavy atom. The van der Waals surface area contributed by atoms with E-state index in [-0.39, 0.29) is 22.9 Å². The zero-order valence-corrected chi connectivity index (χ0v) is 17.4. The zero-order valence-electron chi connectivity index (χ0n) is 17.4. The normalized spacial score (nSPS) is 17.5. The van der Waals surface area contributed by atoms with Crippen LogP contribution in [-0.2, 0) is 23.6 Å². The van der Waals surface area contributed by atoms with Gasteiger partial charge in [0.1, 0.15) is 12.3 Å². The summed E-state index contributed by atoms with van der Waals surface area (Å²) in [5.41, 5.74) is 1.36. The largest absolute Gasteiger partial charge is 0.496 e. The molecular formula is C23H26F3NO2. The summed E-state index contributed by atoms with van der Waals surface area (Å²) in [5, 5.41) is 2.87. The Bertz CT molecular complexity index is 946. The van der Waals surface area contributed by atoms with E-state index in [2.05, 4.69) is 19.0 Å². The van der Waals surface area contributed by atoms with Gasteiger partial charge in [0, 0.05) is 5.56 Å². The van der Waals surface area contributed by atoms with Crippen LogP contribution in [-0.4, -0.2) is 7.11 Å². The standard InChI is InChI=1S/C23H26F3NO2/c1-21(2)8-9-22(3,4)19-12-17(23(24,25)26)15(11-18(19)21)16-10-14(13-27-28)6-7-20(16)29-5/h6-7,10-12H,8-9,13H2,1-5H3. The van der Waals surface area contributed by atoms with E-state index < -0.39 is 11.7 Å². The Labute approximate surface area is 169 Å². The lowest BCUT2D eigenvalue weighted by atomic mass is 9.62. The van der Waals surface area contributed by atoms with Crippen molar-refractivity contribution in [3.8, 4) is 16.9 Å². The number of rotatable bonds is 4. The maximum absolute atomic E-state index is 14.1. The van der Waals surface area contributed by atoms with Gasteiger partial charge >= 0.3 is 6.18 Å². The Kier molecular flexibility index (Phi) is 5.26. The number of halogens is 3. The molecule has 29 heavy (non-hydrogen) atoms. The molecule has 6 heteroatoms. The second-order valence-electron chi connectivity index (χ2n) is 9.03. The van der Waals surface area contributed by atoms with Crippen LogP contribution in [0.25, 0.3) is 11.1 Å². The lowest BCUT2D eigenvalue weighted by molar-refractivity contribution is -0.137. The van der Waals surface area contributed by atoms with Crippen molar-refractivity contribution in [2.24, 2.45) is 5.18 Å². The molecule has 2 aromatic rings. The van der Waals surface area contributed by atoms with Gasteiger partial charge in [0.05, 0.1) is 12.7 Å². The molecule has 0 bridgehead atoms. The molecule has 3 rings (SSSR count). The van der Waals surface area contributed by atoms with Crippen LogP contribution >= 0.6 is 0 Å². The van der Waals surface area contributed by atoms with E-state index in [4.69, 9.17) is 4.74 Å². The number of hydrogen-bond acceptors (Lipinski definition) is 3. The van der Waals surface area contributed by atoms with Gasteiger partial charge in [-0.25, -0.2) is 0 Å². The maximum Gasteiger partial charge on any atom is 0.417 e. The summed E-state index contributed by atoms with van der Waals surface area (Å²) in [4.78, 5) is 10.7. The molecule has 156 valence electrons. The molecule has 0 fully saturated rings. The van der Waals surface area contributed by atoms with Crippen molar-refractivity contribution in [1.82, 2.24) is 0 Å². The molecule has 1 aliphatic carbocycles. The molecule has 0 aromatic heterocycles. The van der Waals surface area contributed by atoms with Crippen LogP contribution in [0.2, 0.25) is 0 Å². The van der Waals surface area contributed by atoms with E-state index in [0.29, 0.717) is 16.9 Å². The molecule has 0 saturated heterocycles. The predicted molar refractivity (Wildman–Crippen MR) is 108 cm³/mol. The highest BCUT2D eigenvalue weighted by molar-refractivity contribution is 5.76. The minimum atomic E-state index is -4.52. The summed E-state index contributed by atoms with van der Waals surface area (Å²) in [5.74, 6) is 0.331. The van der Waals surface area contributed by atoms with Gasteiger partial charge in [0.25, 0.3) is 0 Å². The number of benzene rings is 2. The number of methoxy groups -OCH3 is 1. The van der Waals surface area contributed by atoms with E-state index in [9.17, 15) is 18.1 Å². The Morgan fingerprint density at radius 2 is 1.55 bits per heavy atom. The van der Waals surface area contributed by atoms with Crippen LogP contribution in [0.1, 0.15) is 62.8 Å². The van der Waals surface area contributed by atoms with Crippen molar-refractivity contribution in [3.05, 3.63) is 57.5 Å². The zero-order chi connectivity index (χ0) is 21.6. The first-order chi connectivity index (χ1) is 13.4. The molecule has 3 nitrogen and oxygen atoms in total. The average molecular weight is 405 g/mol. The molecule has 0 atom stereocenters.